The van der Waals surface area contributed by atoms with Gasteiger partial charge in [0.1, 0.15) is 23.7 Å². The van der Waals surface area contributed by atoms with Gasteiger partial charge >= 0.3 is 6.18 Å². The fourth-order valence-electron chi connectivity index (χ4n) is 3.35. The van der Waals surface area contributed by atoms with Gasteiger partial charge in [-0.3, -0.25) is 24.8 Å². The first kappa shape index (κ1) is 26.2. The van der Waals surface area contributed by atoms with Gasteiger partial charge in [-0.25, -0.2) is 15.0 Å². The van der Waals surface area contributed by atoms with E-state index < -0.39 is 29.7 Å². The van der Waals surface area contributed by atoms with Crippen molar-refractivity contribution in [2.24, 2.45) is 0 Å². The third-order valence-electron chi connectivity index (χ3n) is 5.30. The number of nitrogens with zero attached hydrogens (tertiary/aromatic N) is 7. The number of hydrogen-bond acceptors (Lipinski definition) is 10. The van der Waals surface area contributed by atoms with Crippen molar-refractivity contribution < 1.29 is 32.5 Å². The van der Waals surface area contributed by atoms with Crippen molar-refractivity contribution in [1.82, 2.24) is 34.7 Å². The lowest BCUT2D eigenvalue weighted by atomic mass is 10.2. The third kappa shape index (κ3) is 5.59. The first-order chi connectivity index (χ1) is 18.1. The van der Waals surface area contributed by atoms with Gasteiger partial charge in [0, 0.05) is 24.9 Å². The third-order valence-corrected chi connectivity index (χ3v) is 5.30. The molecule has 198 valence electrons. The van der Waals surface area contributed by atoms with Crippen molar-refractivity contribution in [3.8, 4) is 11.3 Å². The van der Waals surface area contributed by atoms with Crippen molar-refractivity contribution in [2.45, 2.75) is 25.7 Å². The van der Waals surface area contributed by atoms with Gasteiger partial charge in [-0.2, -0.15) is 13.2 Å². The molecule has 38 heavy (non-hydrogen) atoms. The minimum absolute atomic E-state index is 0.0101. The van der Waals surface area contributed by atoms with Crippen molar-refractivity contribution in [3.05, 3.63) is 66.5 Å². The molecule has 4 rings (SSSR count). The Balaban J connectivity index is 1.52. The van der Waals surface area contributed by atoms with E-state index >= 15 is 0 Å². The molecule has 2 amide bonds. The number of aromatic nitrogens is 6. The van der Waals surface area contributed by atoms with E-state index in [1.807, 2.05) is 0 Å². The second-order valence-corrected chi connectivity index (χ2v) is 7.84. The molecule has 0 radical (unpaired) electrons. The van der Waals surface area contributed by atoms with Crippen LogP contribution in [0.25, 0.3) is 11.3 Å². The van der Waals surface area contributed by atoms with Gasteiger partial charge in [0.15, 0.2) is 17.3 Å². The molecule has 4 aromatic heterocycles. The minimum atomic E-state index is -4.58. The van der Waals surface area contributed by atoms with Crippen LogP contribution in [0.5, 0.6) is 0 Å². The SMILES string of the molecule is CNc1ncn([C@@H](C)C(=O)Nc2cncc(-c3ccc(C(F)(F)F)nc3)n2)c1C(=O)N(O)Cc1ccon1. The van der Waals surface area contributed by atoms with E-state index in [1.54, 1.807) is 0 Å². The highest BCUT2D eigenvalue weighted by molar-refractivity contribution is 5.98. The molecule has 1 atom stereocenters. The molecule has 13 nitrogen and oxygen atoms in total. The summed E-state index contributed by atoms with van der Waals surface area (Å²) >= 11 is 0. The number of amides is 2. The molecule has 16 heteroatoms. The summed E-state index contributed by atoms with van der Waals surface area (Å²) in [5.74, 6) is -1.34. The highest BCUT2D eigenvalue weighted by Gasteiger charge is 2.32. The molecule has 0 fully saturated rings. The molecule has 0 bridgehead atoms. The number of nitrogens with one attached hydrogen (secondary N) is 2. The quantitative estimate of drug-likeness (QED) is 0.227. The predicted octanol–water partition coefficient (Wildman–Crippen LogP) is 3.01. The average molecular weight is 531 g/mol. The first-order valence-corrected chi connectivity index (χ1v) is 10.9. The molecule has 4 heterocycles. The molecular weight excluding hydrogens is 511 g/mol. The Morgan fingerprint density at radius 2 is 1.97 bits per heavy atom. The summed E-state index contributed by atoms with van der Waals surface area (Å²) in [6, 6.07) is 2.46. The van der Waals surface area contributed by atoms with Crippen LogP contribution in [0.1, 0.15) is 34.8 Å². The molecule has 0 spiro atoms. The van der Waals surface area contributed by atoms with Gasteiger partial charge in [0.05, 0.1) is 31.0 Å². The van der Waals surface area contributed by atoms with E-state index in [0.717, 1.165) is 12.3 Å². The Kier molecular flexibility index (Phi) is 7.33. The number of anilines is 2. The lowest BCUT2D eigenvalue weighted by molar-refractivity contribution is -0.141. The highest BCUT2D eigenvalue weighted by atomic mass is 19.4. The molecule has 0 saturated heterocycles. The van der Waals surface area contributed by atoms with Gasteiger partial charge in [-0.15, -0.1) is 0 Å². The van der Waals surface area contributed by atoms with Crippen molar-refractivity contribution >= 4 is 23.5 Å². The number of imidazole rings is 1. The van der Waals surface area contributed by atoms with Gasteiger partial charge in [-0.1, -0.05) is 5.16 Å². The standard InChI is InChI=1S/C22H20F3N9O4/c1-12(33-11-29-19(26-2)18(33)21(36)34(37)10-14-5-6-38-32-14)20(35)31-17-9-27-8-15(30-17)13-3-4-16(28-7-13)22(23,24)25/h3-9,11-12,26,37H,10H2,1-2H3,(H,30,31,35)/t12-/m0/s1. The number of alkyl halides is 3. The van der Waals surface area contributed by atoms with Crippen LogP contribution >= 0.6 is 0 Å². The largest absolute Gasteiger partial charge is 0.433 e. The summed E-state index contributed by atoms with van der Waals surface area (Å²) in [6.07, 6.45) is 1.51. The molecule has 0 aliphatic rings. The monoisotopic (exact) mass is 531 g/mol. The van der Waals surface area contributed by atoms with Gasteiger partial charge in [-0.05, 0) is 19.1 Å². The van der Waals surface area contributed by atoms with Crippen molar-refractivity contribution in [3.63, 3.8) is 0 Å². The van der Waals surface area contributed by atoms with Crippen LogP contribution in [-0.2, 0) is 17.5 Å². The molecule has 0 aliphatic heterocycles. The maximum absolute atomic E-state index is 13.0. The van der Waals surface area contributed by atoms with Crippen LogP contribution in [0, 0.1) is 0 Å². The van der Waals surface area contributed by atoms with Gasteiger partial charge < -0.3 is 19.7 Å². The normalized spacial score (nSPS) is 12.2. The van der Waals surface area contributed by atoms with E-state index in [-0.39, 0.29) is 35.1 Å². The van der Waals surface area contributed by atoms with Crippen LogP contribution in [0.4, 0.5) is 24.8 Å². The second-order valence-electron chi connectivity index (χ2n) is 7.84. The Morgan fingerprint density at radius 3 is 2.61 bits per heavy atom. The lowest BCUT2D eigenvalue weighted by Gasteiger charge is -2.19. The van der Waals surface area contributed by atoms with Crippen molar-refractivity contribution in [2.75, 3.05) is 17.7 Å². The summed E-state index contributed by atoms with van der Waals surface area (Å²) in [7, 11) is 1.52. The fourth-order valence-corrected chi connectivity index (χ4v) is 3.35. The second kappa shape index (κ2) is 10.6. The summed E-state index contributed by atoms with van der Waals surface area (Å²) in [4.78, 5) is 41.7. The summed E-state index contributed by atoms with van der Waals surface area (Å²) in [5.41, 5.74) is -0.425. The summed E-state index contributed by atoms with van der Waals surface area (Å²) in [6.45, 7) is 1.22. The molecule has 0 aliphatic carbocycles. The highest BCUT2D eigenvalue weighted by Crippen LogP contribution is 2.29. The number of hydroxylamine groups is 2. The van der Waals surface area contributed by atoms with E-state index in [1.165, 1.54) is 55.7 Å². The average Bonchev–Trinajstić information content (AvgIpc) is 3.57. The molecular formula is C22H20F3N9O4. The molecule has 0 aromatic carbocycles. The van der Waals surface area contributed by atoms with Crippen molar-refractivity contribution in [1.29, 1.82) is 0 Å². The van der Waals surface area contributed by atoms with Gasteiger partial charge in [0.2, 0.25) is 5.91 Å². The number of pyridine rings is 1. The van der Waals surface area contributed by atoms with Crippen LogP contribution in [-0.4, -0.2) is 58.8 Å². The smallest absolute Gasteiger partial charge is 0.371 e. The first-order valence-electron chi connectivity index (χ1n) is 10.9. The van der Waals surface area contributed by atoms with Crippen LogP contribution in [0.2, 0.25) is 0 Å². The number of carbonyl (C=O) groups is 2. The number of carbonyl (C=O) groups excluding carboxylic acids is 2. The Labute approximate surface area is 212 Å². The lowest BCUT2D eigenvalue weighted by Crippen LogP contribution is -2.32. The van der Waals surface area contributed by atoms with Crippen LogP contribution in [0.15, 0.2) is 53.9 Å². The van der Waals surface area contributed by atoms with E-state index in [9.17, 15) is 28.0 Å². The Bertz CT molecular complexity index is 1420. The van der Waals surface area contributed by atoms with E-state index in [0.29, 0.717) is 10.8 Å². The molecule has 3 N–H and O–H groups in total. The van der Waals surface area contributed by atoms with E-state index in [2.05, 4.69) is 35.7 Å². The molecule has 0 unspecified atom stereocenters. The molecule has 0 saturated carbocycles. The molecule has 4 aromatic rings. The Morgan fingerprint density at radius 1 is 1.18 bits per heavy atom. The van der Waals surface area contributed by atoms with Gasteiger partial charge in [0.25, 0.3) is 5.91 Å². The Hall–Kier alpha value is -4.86. The maximum Gasteiger partial charge on any atom is 0.433 e. The maximum atomic E-state index is 13.0. The minimum Gasteiger partial charge on any atom is -0.371 e. The zero-order chi connectivity index (χ0) is 27.4. The topological polar surface area (TPSA) is 164 Å². The van der Waals surface area contributed by atoms with Crippen LogP contribution < -0.4 is 10.6 Å². The summed E-state index contributed by atoms with van der Waals surface area (Å²) < 4.78 is 44.3. The zero-order valence-electron chi connectivity index (χ0n) is 19.8. The fraction of sp³-hybridized carbons (Fsp3) is 0.227. The zero-order valence-corrected chi connectivity index (χ0v) is 19.8. The number of hydrogen-bond donors (Lipinski definition) is 3. The van der Waals surface area contributed by atoms with E-state index in [4.69, 9.17) is 4.52 Å². The summed E-state index contributed by atoms with van der Waals surface area (Å²) in [5, 5.41) is 19.6. The predicted molar refractivity (Wildman–Crippen MR) is 124 cm³/mol. The number of rotatable bonds is 8. The van der Waals surface area contributed by atoms with Crippen LogP contribution in [0.3, 0.4) is 0 Å². The number of halogens is 3.